The van der Waals surface area contributed by atoms with Crippen molar-refractivity contribution in [1.29, 1.82) is 0 Å². The average Bonchev–Trinajstić information content (AvgIpc) is 2.53. The number of halogens is 1. The van der Waals surface area contributed by atoms with E-state index in [0.29, 0.717) is 28.8 Å². The minimum Gasteiger partial charge on any atom is -0.481 e. The van der Waals surface area contributed by atoms with E-state index in [-0.39, 0.29) is 5.91 Å². The van der Waals surface area contributed by atoms with Crippen molar-refractivity contribution >= 4 is 23.3 Å². The zero-order valence-corrected chi connectivity index (χ0v) is 12.4. The number of methoxy groups -OCH3 is 1. The summed E-state index contributed by atoms with van der Waals surface area (Å²) in [5.74, 6) is 0.839. The molecule has 0 radical (unpaired) electrons. The van der Waals surface area contributed by atoms with Gasteiger partial charge in [0.2, 0.25) is 5.88 Å². The topological polar surface area (TPSA) is 76.1 Å². The van der Waals surface area contributed by atoms with Gasteiger partial charge in [-0.2, -0.15) is 0 Å². The monoisotopic (exact) mass is 306 g/mol. The molecule has 7 heteroatoms. The molecule has 0 aromatic carbocycles. The number of nitrogens with zero attached hydrogens (tertiary/aromatic N) is 2. The highest BCUT2D eigenvalue weighted by molar-refractivity contribution is 6.33. The Hall–Kier alpha value is -2.34. The maximum absolute atomic E-state index is 12.1. The molecular formula is C14H15ClN4O2. The second kappa shape index (κ2) is 6.90. The fraction of sp³-hybridized carbons (Fsp3) is 0.214. The molecule has 0 bridgehead atoms. The molecule has 2 heterocycles. The summed E-state index contributed by atoms with van der Waals surface area (Å²) in [5, 5.41) is 5.95. The Balaban J connectivity index is 2.04. The van der Waals surface area contributed by atoms with Crippen LogP contribution in [0.3, 0.4) is 0 Å². The maximum Gasteiger partial charge on any atom is 0.253 e. The van der Waals surface area contributed by atoms with Gasteiger partial charge < -0.3 is 15.4 Å². The molecule has 0 aliphatic rings. The Morgan fingerprint density at radius 2 is 2.14 bits per heavy atom. The van der Waals surface area contributed by atoms with Crippen molar-refractivity contribution in [2.45, 2.75) is 6.54 Å². The van der Waals surface area contributed by atoms with Crippen LogP contribution in [0.5, 0.6) is 5.88 Å². The smallest absolute Gasteiger partial charge is 0.253 e. The second-order valence-corrected chi connectivity index (χ2v) is 4.60. The van der Waals surface area contributed by atoms with Crippen LogP contribution in [0.4, 0.5) is 5.82 Å². The van der Waals surface area contributed by atoms with Gasteiger partial charge in [0, 0.05) is 32.1 Å². The van der Waals surface area contributed by atoms with Crippen LogP contribution >= 0.6 is 11.6 Å². The second-order valence-electron chi connectivity index (χ2n) is 4.19. The molecule has 0 atom stereocenters. The highest BCUT2D eigenvalue weighted by atomic mass is 35.5. The first-order valence-corrected chi connectivity index (χ1v) is 6.62. The number of carbonyl (C=O) groups excluding carboxylic acids is 1. The third-order valence-corrected chi connectivity index (χ3v) is 3.12. The Kier molecular flexibility index (Phi) is 4.94. The minimum absolute atomic E-state index is 0.269. The molecule has 1 amide bonds. The summed E-state index contributed by atoms with van der Waals surface area (Å²) in [7, 11) is 3.27. The maximum atomic E-state index is 12.1. The molecule has 0 aliphatic heterocycles. The van der Waals surface area contributed by atoms with Gasteiger partial charge >= 0.3 is 0 Å². The molecule has 2 aromatic heterocycles. The van der Waals surface area contributed by atoms with Crippen molar-refractivity contribution in [3.63, 3.8) is 0 Å². The molecule has 0 saturated carbocycles. The lowest BCUT2D eigenvalue weighted by Crippen LogP contribution is -2.23. The Bertz CT molecular complexity index is 631. The summed E-state index contributed by atoms with van der Waals surface area (Å²) in [6.07, 6.45) is 3.09. The van der Waals surface area contributed by atoms with Gasteiger partial charge in [0.05, 0.1) is 17.7 Å². The van der Waals surface area contributed by atoms with Gasteiger partial charge in [0.15, 0.2) is 0 Å². The van der Waals surface area contributed by atoms with Crippen molar-refractivity contribution in [2.75, 3.05) is 19.5 Å². The van der Waals surface area contributed by atoms with Crippen LogP contribution in [0.1, 0.15) is 15.9 Å². The third-order valence-electron chi connectivity index (χ3n) is 2.82. The zero-order chi connectivity index (χ0) is 15.2. The zero-order valence-electron chi connectivity index (χ0n) is 11.7. The van der Waals surface area contributed by atoms with Crippen LogP contribution in [-0.4, -0.2) is 30.0 Å². The van der Waals surface area contributed by atoms with Gasteiger partial charge in [0.25, 0.3) is 5.91 Å². The number of hydrogen-bond acceptors (Lipinski definition) is 5. The van der Waals surface area contributed by atoms with Gasteiger partial charge in [-0.1, -0.05) is 17.7 Å². The quantitative estimate of drug-likeness (QED) is 0.885. The van der Waals surface area contributed by atoms with E-state index >= 15 is 0 Å². The predicted octanol–water partition coefficient (Wildman–Crippen LogP) is 2.11. The number of rotatable bonds is 5. The van der Waals surface area contributed by atoms with Gasteiger partial charge in [-0.05, 0) is 11.6 Å². The molecule has 21 heavy (non-hydrogen) atoms. The Morgan fingerprint density at radius 1 is 1.33 bits per heavy atom. The van der Waals surface area contributed by atoms with E-state index in [2.05, 4.69) is 20.6 Å². The van der Waals surface area contributed by atoms with Crippen molar-refractivity contribution in [2.24, 2.45) is 0 Å². The van der Waals surface area contributed by atoms with E-state index in [1.54, 1.807) is 32.5 Å². The van der Waals surface area contributed by atoms with Crippen molar-refractivity contribution in [1.82, 2.24) is 15.3 Å². The Labute approximate surface area is 127 Å². The van der Waals surface area contributed by atoms with Gasteiger partial charge in [-0.3, -0.25) is 4.79 Å². The van der Waals surface area contributed by atoms with E-state index in [4.69, 9.17) is 16.3 Å². The summed E-state index contributed by atoms with van der Waals surface area (Å²) >= 11 is 5.99. The molecule has 2 rings (SSSR count). The van der Waals surface area contributed by atoms with E-state index < -0.39 is 0 Å². The van der Waals surface area contributed by atoms with Crippen LogP contribution < -0.4 is 15.4 Å². The largest absolute Gasteiger partial charge is 0.481 e. The predicted molar refractivity (Wildman–Crippen MR) is 80.8 cm³/mol. The van der Waals surface area contributed by atoms with Crippen molar-refractivity contribution in [3.05, 3.63) is 46.7 Å². The van der Waals surface area contributed by atoms with Gasteiger partial charge in [-0.25, -0.2) is 9.97 Å². The molecule has 0 aliphatic carbocycles. The van der Waals surface area contributed by atoms with Crippen LogP contribution in [0.2, 0.25) is 5.02 Å². The lowest BCUT2D eigenvalue weighted by atomic mass is 10.2. The van der Waals surface area contributed by atoms with Crippen molar-refractivity contribution < 1.29 is 9.53 Å². The van der Waals surface area contributed by atoms with E-state index in [1.807, 2.05) is 6.07 Å². The van der Waals surface area contributed by atoms with Gasteiger partial charge in [-0.15, -0.1) is 0 Å². The van der Waals surface area contributed by atoms with E-state index in [9.17, 15) is 4.79 Å². The fourth-order valence-corrected chi connectivity index (χ4v) is 1.85. The molecule has 2 N–H and O–H groups in total. The summed E-state index contributed by atoms with van der Waals surface area (Å²) in [4.78, 5) is 20.2. The molecule has 0 saturated heterocycles. The third kappa shape index (κ3) is 3.82. The first-order valence-electron chi connectivity index (χ1n) is 6.24. The number of pyridine rings is 2. The number of anilines is 1. The molecular weight excluding hydrogens is 292 g/mol. The summed E-state index contributed by atoms with van der Waals surface area (Å²) in [6, 6.07) is 5.17. The molecule has 0 unspecified atom stereocenters. The Morgan fingerprint density at radius 3 is 2.76 bits per heavy atom. The first-order chi connectivity index (χ1) is 10.1. The normalized spacial score (nSPS) is 10.0. The summed E-state index contributed by atoms with van der Waals surface area (Å²) < 4.78 is 4.98. The first kappa shape index (κ1) is 15.1. The van der Waals surface area contributed by atoms with Crippen LogP contribution in [-0.2, 0) is 6.54 Å². The number of nitrogens with one attached hydrogen (secondary N) is 2. The molecule has 110 valence electrons. The lowest BCUT2D eigenvalue weighted by molar-refractivity contribution is 0.0951. The van der Waals surface area contributed by atoms with Crippen LogP contribution in [0.15, 0.2) is 30.6 Å². The fourth-order valence-electron chi connectivity index (χ4n) is 1.66. The average molecular weight is 307 g/mol. The van der Waals surface area contributed by atoms with Gasteiger partial charge in [0.1, 0.15) is 5.82 Å². The minimum atomic E-state index is -0.269. The highest BCUT2D eigenvalue weighted by Gasteiger charge is 2.11. The SMILES string of the molecule is CNc1cc(C(=O)NCc2ccc(OC)nc2)c(Cl)cn1. The molecule has 6 nitrogen and oxygen atoms in total. The van der Waals surface area contributed by atoms with Crippen LogP contribution in [0, 0.1) is 0 Å². The molecule has 2 aromatic rings. The highest BCUT2D eigenvalue weighted by Crippen LogP contribution is 2.17. The lowest BCUT2D eigenvalue weighted by Gasteiger charge is -2.08. The van der Waals surface area contributed by atoms with E-state index in [0.717, 1.165) is 5.56 Å². The van der Waals surface area contributed by atoms with E-state index in [1.165, 1.54) is 6.20 Å². The van der Waals surface area contributed by atoms with Crippen LogP contribution in [0.25, 0.3) is 0 Å². The number of carbonyl (C=O) groups is 1. The molecule has 0 fully saturated rings. The molecule has 0 spiro atoms. The van der Waals surface area contributed by atoms with Crippen molar-refractivity contribution in [3.8, 4) is 5.88 Å². The number of hydrogen-bond donors (Lipinski definition) is 2. The summed E-state index contributed by atoms with van der Waals surface area (Å²) in [6.45, 7) is 0.351. The number of amides is 1. The number of aromatic nitrogens is 2. The number of ether oxygens (including phenoxy) is 1. The standard InChI is InChI=1S/C14H15ClN4O2/c1-16-12-5-10(11(15)8-17-12)14(20)19-7-9-3-4-13(21-2)18-6-9/h3-6,8H,7H2,1-2H3,(H,16,17)(H,19,20). The summed E-state index contributed by atoms with van der Waals surface area (Å²) in [5.41, 5.74) is 1.24.